The van der Waals surface area contributed by atoms with Crippen LogP contribution in [0.4, 0.5) is 0 Å². The van der Waals surface area contributed by atoms with E-state index in [9.17, 15) is 19.2 Å². The molecule has 0 aliphatic carbocycles. The number of nitrogens with zero attached hydrogens (tertiary/aromatic N) is 1. The molecule has 454 valence electrons. The summed E-state index contributed by atoms with van der Waals surface area (Å²) in [5.74, 6) is 1.61. The third-order valence-corrected chi connectivity index (χ3v) is 12.5. The fourth-order valence-corrected chi connectivity index (χ4v) is 7.08. The van der Waals surface area contributed by atoms with Crippen LogP contribution in [0.1, 0.15) is 233 Å². The minimum atomic E-state index is -0.163. The van der Waals surface area contributed by atoms with Gasteiger partial charge in [0.2, 0.25) is 0 Å². The van der Waals surface area contributed by atoms with Crippen molar-refractivity contribution in [1.82, 2.24) is 0 Å². The third kappa shape index (κ3) is 56.4. The lowest BCUT2D eigenvalue weighted by molar-refractivity contribution is -0.152. The summed E-state index contributed by atoms with van der Waals surface area (Å²) in [7, 11) is 1.42. The number of ether oxygens (including phenoxy) is 4. The van der Waals surface area contributed by atoms with Gasteiger partial charge in [-0.15, -0.1) is 0 Å². The number of carbonyl (C=O) groups excluding carboxylic acids is 4. The Hall–Kier alpha value is -4.71. The van der Waals surface area contributed by atoms with E-state index in [0.717, 1.165) is 38.5 Å². The number of hydrogen-bond acceptors (Lipinski definition) is 9. The second-order valence-electron chi connectivity index (χ2n) is 22.7. The van der Waals surface area contributed by atoms with Crippen molar-refractivity contribution in [2.45, 2.75) is 246 Å². The van der Waals surface area contributed by atoms with Gasteiger partial charge in [-0.05, 0) is 129 Å². The molecule has 9 unspecified atom stereocenters. The summed E-state index contributed by atoms with van der Waals surface area (Å²) >= 11 is 0. The molecular formula is C70H121NO8. The molecule has 0 amide bonds. The van der Waals surface area contributed by atoms with E-state index in [1.54, 1.807) is 0 Å². The molecule has 9 heteroatoms. The van der Waals surface area contributed by atoms with Crippen LogP contribution in [0, 0.1) is 70.5 Å². The first-order chi connectivity index (χ1) is 37.3. The molecule has 0 aliphatic heterocycles. The molecule has 1 aromatic rings. The van der Waals surface area contributed by atoms with Crippen molar-refractivity contribution >= 4 is 23.9 Å². The van der Waals surface area contributed by atoms with Crippen LogP contribution in [0.25, 0.3) is 0 Å². The molecule has 1 rings (SSSR count). The van der Waals surface area contributed by atoms with Gasteiger partial charge in [-0.3, -0.25) is 19.2 Å². The van der Waals surface area contributed by atoms with Gasteiger partial charge in [0.25, 0.3) is 0 Å². The van der Waals surface area contributed by atoms with Gasteiger partial charge in [-0.1, -0.05) is 232 Å². The molecule has 9 nitrogen and oxygen atoms in total. The van der Waals surface area contributed by atoms with Gasteiger partial charge in [0, 0.05) is 0 Å². The molecule has 79 heavy (non-hydrogen) atoms. The molecule has 9 atom stereocenters. The summed E-state index contributed by atoms with van der Waals surface area (Å²) < 4.78 is 20.6. The smallest absolute Gasteiger partial charge is 0.312 e. The molecule has 0 heterocycles. The molecule has 0 saturated carbocycles. The van der Waals surface area contributed by atoms with Crippen LogP contribution < -0.4 is 0 Å². The molecule has 0 bridgehead atoms. The van der Waals surface area contributed by atoms with Gasteiger partial charge in [-0.25, -0.2) is 0 Å². The van der Waals surface area contributed by atoms with Crippen LogP contribution in [0.3, 0.4) is 0 Å². The highest BCUT2D eigenvalue weighted by molar-refractivity contribution is 5.75. The SMILES string of the molecule is CC(C)/C=C\C(C)C(=O)OCCCc1ccccc1.CCCC(C)OC(=O)C(C)/C=C\C(C)C.CCCCC(C)/C=C\C(C)C(=O)OC.CCCCCC(C)/C=C\C(C)C#N.CCCCCCC(C)OC(=O)C(C)/C=C\C(C)C. The highest BCUT2D eigenvalue weighted by Gasteiger charge is 2.16. The largest absolute Gasteiger partial charge is 0.469 e. The van der Waals surface area contributed by atoms with Crippen molar-refractivity contribution in [1.29, 1.82) is 5.26 Å². The van der Waals surface area contributed by atoms with E-state index in [0.29, 0.717) is 36.2 Å². The van der Waals surface area contributed by atoms with E-state index in [4.69, 9.17) is 19.5 Å². The highest BCUT2D eigenvalue weighted by Crippen LogP contribution is 2.15. The van der Waals surface area contributed by atoms with Crippen molar-refractivity contribution in [3.63, 3.8) is 0 Å². The second-order valence-corrected chi connectivity index (χ2v) is 22.7. The van der Waals surface area contributed by atoms with E-state index in [2.05, 4.69) is 124 Å². The van der Waals surface area contributed by atoms with Crippen LogP contribution in [-0.4, -0.2) is 49.8 Å². The quantitative estimate of drug-likeness (QED) is 0.0287. The summed E-state index contributed by atoms with van der Waals surface area (Å²) in [5, 5.41) is 8.56. The lowest BCUT2D eigenvalue weighted by Crippen LogP contribution is -2.19. The van der Waals surface area contributed by atoms with Gasteiger partial charge < -0.3 is 18.9 Å². The van der Waals surface area contributed by atoms with Crippen LogP contribution in [0.15, 0.2) is 91.1 Å². The Morgan fingerprint density at radius 3 is 1.29 bits per heavy atom. The number of esters is 4. The predicted octanol–water partition coefficient (Wildman–Crippen LogP) is 19.4. The number of carbonyl (C=O) groups is 4. The standard InChI is InChI=1S/C17H24O2.C16H30O2.C13H24O2.C12H21N.C12H22O2/c1-14(2)11-12-15(3)17(18)19-13-7-10-16-8-5-4-6-9-16;1-6-7-8-9-10-15(5)18-16(17)14(4)12-11-13(2)3;1-6-7-12(5)15-13(14)11(4)9-8-10(2)3;1-4-5-6-7-11(2)8-9-12(3)10-13;1-5-6-7-10(2)8-9-11(3)12(13)14-4/h4-6,8-9,11-12,14-15H,7,10,13H2,1-3H3;11-15H,6-10H2,1-5H3;8-12H,6-7H2,1-5H3;8-9,11-12H,4-7H2,1-3H3;8-11H,5-7H2,1-4H3/b2*12-11-;3*9-8-. The lowest BCUT2D eigenvalue weighted by Gasteiger charge is -2.15. The molecular weight excluding hydrogens is 983 g/mol. The van der Waals surface area contributed by atoms with Gasteiger partial charge in [0.05, 0.1) is 61.6 Å². The van der Waals surface area contributed by atoms with E-state index in [1.807, 2.05) is 109 Å². The molecule has 0 fully saturated rings. The number of unbranched alkanes of at least 4 members (excludes halogenated alkanes) is 6. The molecule has 0 N–H and O–H groups in total. The monoisotopic (exact) mass is 1100 g/mol. The first-order valence-corrected chi connectivity index (χ1v) is 30.9. The Morgan fingerprint density at radius 2 is 0.848 bits per heavy atom. The van der Waals surface area contributed by atoms with Crippen molar-refractivity contribution in [3.05, 3.63) is 96.7 Å². The zero-order valence-electron chi connectivity index (χ0n) is 54.3. The second kappa shape index (κ2) is 55.2. The maximum atomic E-state index is 11.8. The van der Waals surface area contributed by atoms with Crippen LogP contribution in [0.2, 0.25) is 0 Å². The first-order valence-electron chi connectivity index (χ1n) is 30.9. The van der Waals surface area contributed by atoms with Crippen LogP contribution in [-0.2, 0) is 44.5 Å². The average molecular weight is 1100 g/mol. The maximum absolute atomic E-state index is 11.8. The van der Waals surface area contributed by atoms with E-state index in [1.165, 1.54) is 76.9 Å². The molecule has 0 saturated heterocycles. The summed E-state index contributed by atoms with van der Waals surface area (Å²) in [6.07, 6.45) is 38.7. The fourth-order valence-electron chi connectivity index (χ4n) is 7.08. The highest BCUT2D eigenvalue weighted by atomic mass is 16.5. The number of rotatable bonds is 34. The maximum Gasteiger partial charge on any atom is 0.312 e. The molecule has 0 aromatic heterocycles. The zero-order valence-corrected chi connectivity index (χ0v) is 54.3. The van der Waals surface area contributed by atoms with E-state index < -0.39 is 0 Å². The van der Waals surface area contributed by atoms with Gasteiger partial charge in [0.15, 0.2) is 0 Å². The predicted molar refractivity (Wildman–Crippen MR) is 336 cm³/mol. The van der Waals surface area contributed by atoms with Crippen LogP contribution in [0.5, 0.6) is 0 Å². The van der Waals surface area contributed by atoms with Crippen molar-refractivity contribution in [2.24, 2.45) is 59.2 Å². The molecule has 1 aromatic carbocycles. The van der Waals surface area contributed by atoms with E-state index in [-0.39, 0.29) is 65.7 Å². The number of hydrogen-bond donors (Lipinski definition) is 0. The number of aryl methyl sites for hydroxylation is 1. The number of methoxy groups -OCH3 is 1. The Bertz CT molecular complexity index is 1800. The number of nitriles is 1. The normalized spacial score (nSPS) is 14.8. The zero-order chi connectivity index (χ0) is 61.0. The number of benzene rings is 1. The summed E-state index contributed by atoms with van der Waals surface area (Å²) in [4.78, 5) is 46.1. The minimum absolute atomic E-state index is 0.0393. The van der Waals surface area contributed by atoms with Crippen molar-refractivity contribution < 1.29 is 38.1 Å². The Morgan fingerprint density at radius 1 is 0.443 bits per heavy atom. The topological polar surface area (TPSA) is 129 Å². The molecule has 0 spiro atoms. The number of allylic oxidation sites excluding steroid dienone is 6. The average Bonchev–Trinajstić information content (AvgIpc) is 3.41. The summed E-state index contributed by atoms with van der Waals surface area (Å²) in [6.45, 7) is 39.5. The van der Waals surface area contributed by atoms with Gasteiger partial charge >= 0.3 is 23.9 Å². The van der Waals surface area contributed by atoms with Gasteiger partial charge in [0.1, 0.15) is 0 Å². The Labute approximate surface area is 487 Å². The summed E-state index contributed by atoms with van der Waals surface area (Å²) in [6, 6.07) is 12.4. The van der Waals surface area contributed by atoms with E-state index >= 15 is 0 Å². The lowest BCUT2D eigenvalue weighted by atomic mass is 10.0. The van der Waals surface area contributed by atoms with Crippen molar-refractivity contribution in [2.75, 3.05) is 13.7 Å². The molecule has 0 radical (unpaired) electrons. The first kappa shape index (κ1) is 80.8. The van der Waals surface area contributed by atoms with Crippen LogP contribution >= 0.6 is 0 Å². The van der Waals surface area contributed by atoms with Gasteiger partial charge in [-0.2, -0.15) is 5.26 Å². The Balaban J connectivity index is -0.000000448. The Kier molecular flexibility index (Phi) is 56.4. The third-order valence-electron chi connectivity index (χ3n) is 12.5. The van der Waals surface area contributed by atoms with Crippen molar-refractivity contribution in [3.8, 4) is 6.07 Å². The fraction of sp³-hybridized carbons (Fsp3) is 0.700. The molecule has 0 aliphatic rings. The minimum Gasteiger partial charge on any atom is -0.469 e. The summed E-state index contributed by atoms with van der Waals surface area (Å²) in [5.41, 5.74) is 1.28.